The Morgan fingerprint density at radius 3 is 1.71 bits per heavy atom. The molecule has 0 bridgehead atoms. The Morgan fingerprint density at radius 1 is 0.610 bits per heavy atom. The number of carbonyl (C=O) groups excluding carboxylic acids is 7. The van der Waals surface area contributed by atoms with Gasteiger partial charge in [-0.25, -0.2) is 4.79 Å². The number of imide groups is 2. The molecule has 18 heteroatoms. The van der Waals surface area contributed by atoms with E-state index in [2.05, 4.69) is 10.6 Å². The number of Topliss-reactive ketones (excluding diaryl/α,β-unsaturated/α-hetero) is 1. The molecule has 2 N–H and O–H groups in total. The van der Waals surface area contributed by atoms with Gasteiger partial charge >= 0.3 is 5.97 Å². The molecule has 2 aromatic carbocycles. The molecule has 1 fully saturated rings. The Balaban J connectivity index is 0.861. The van der Waals surface area contributed by atoms with Crippen molar-refractivity contribution in [2.24, 2.45) is 0 Å². The molecule has 2 aliphatic heterocycles. The van der Waals surface area contributed by atoms with Gasteiger partial charge in [-0.05, 0) is 31.4 Å². The highest BCUT2D eigenvalue weighted by molar-refractivity contribution is 6.40. The van der Waals surface area contributed by atoms with Gasteiger partial charge in [0.25, 0.3) is 17.6 Å². The van der Waals surface area contributed by atoms with Gasteiger partial charge in [0, 0.05) is 25.0 Å². The molecule has 1 atom stereocenters. The van der Waals surface area contributed by atoms with Gasteiger partial charge in [-0.15, -0.1) is 0 Å². The molecule has 322 valence electrons. The summed E-state index contributed by atoms with van der Waals surface area (Å²) in [7, 11) is 0. The highest BCUT2D eigenvalue weighted by Gasteiger charge is 2.45. The van der Waals surface area contributed by atoms with Crippen LogP contribution < -0.4 is 10.6 Å². The summed E-state index contributed by atoms with van der Waals surface area (Å²) in [5, 5.41) is 4.89. The van der Waals surface area contributed by atoms with Crippen molar-refractivity contribution in [2.45, 2.75) is 44.6 Å². The smallest absolute Gasteiger partial charge is 0.379 e. The summed E-state index contributed by atoms with van der Waals surface area (Å²) in [5.74, 6) is -4.36. The highest BCUT2D eigenvalue weighted by Crippen LogP contribution is 2.32. The van der Waals surface area contributed by atoms with Gasteiger partial charge in [-0.2, -0.15) is 0 Å². The van der Waals surface area contributed by atoms with E-state index in [1.807, 2.05) is 0 Å². The van der Waals surface area contributed by atoms with Crippen LogP contribution in [0.15, 0.2) is 48.5 Å². The van der Waals surface area contributed by atoms with Crippen molar-refractivity contribution in [1.82, 2.24) is 10.2 Å². The first-order valence-corrected chi connectivity index (χ1v) is 19.7. The second-order valence-electron chi connectivity index (χ2n) is 13.2. The minimum absolute atomic E-state index is 0.0222. The fourth-order valence-electron chi connectivity index (χ4n) is 5.89. The van der Waals surface area contributed by atoms with E-state index in [0.29, 0.717) is 92.3 Å². The summed E-state index contributed by atoms with van der Waals surface area (Å²) in [6.07, 6.45) is 2.39. The summed E-state index contributed by atoms with van der Waals surface area (Å²) < 4.78 is 43.2. The minimum atomic E-state index is -1.08. The van der Waals surface area contributed by atoms with Crippen LogP contribution in [-0.2, 0) is 57.1 Å². The molecule has 18 nitrogen and oxygen atoms in total. The van der Waals surface area contributed by atoms with E-state index in [1.165, 1.54) is 6.07 Å². The molecular formula is C41H53N3O15. The fraction of sp³-hybridized carbons (Fsp3) is 0.537. The van der Waals surface area contributed by atoms with Gasteiger partial charge in [0.05, 0.1) is 103 Å². The number of benzene rings is 2. The monoisotopic (exact) mass is 827 g/mol. The van der Waals surface area contributed by atoms with E-state index in [9.17, 15) is 33.6 Å². The third-order valence-electron chi connectivity index (χ3n) is 8.85. The van der Waals surface area contributed by atoms with E-state index in [0.717, 1.165) is 17.7 Å². The summed E-state index contributed by atoms with van der Waals surface area (Å²) in [6, 6.07) is 11.7. The first-order chi connectivity index (χ1) is 28.8. The average molecular weight is 828 g/mol. The number of anilines is 1. The molecule has 4 rings (SSSR count). The second kappa shape index (κ2) is 26.9. The van der Waals surface area contributed by atoms with Crippen LogP contribution in [-0.4, -0.2) is 151 Å². The van der Waals surface area contributed by atoms with Crippen molar-refractivity contribution >= 4 is 47.0 Å². The lowest BCUT2D eigenvalue weighted by atomic mass is 10.0. The molecule has 0 radical (unpaired) electrons. The summed E-state index contributed by atoms with van der Waals surface area (Å²) in [4.78, 5) is 87.2. The molecule has 1 unspecified atom stereocenters. The molecule has 5 amide bonds. The van der Waals surface area contributed by atoms with E-state index in [1.54, 1.807) is 42.5 Å². The van der Waals surface area contributed by atoms with Crippen LogP contribution in [0.1, 0.15) is 69.6 Å². The lowest BCUT2D eigenvalue weighted by molar-refractivity contribution is -0.140. The van der Waals surface area contributed by atoms with Crippen molar-refractivity contribution in [3.8, 4) is 0 Å². The third-order valence-corrected chi connectivity index (χ3v) is 8.85. The van der Waals surface area contributed by atoms with Crippen LogP contribution >= 0.6 is 0 Å². The molecule has 59 heavy (non-hydrogen) atoms. The van der Waals surface area contributed by atoms with Crippen LogP contribution in [0.25, 0.3) is 0 Å². The second-order valence-corrected chi connectivity index (χ2v) is 13.2. The third kappa shape index (κ3) is 16.3. The lowest BCUT2D eigenvalue weighted by Crippen LogP contribution is -2.54. The zero-order chi connectivity index (χ0) is 42.1. The number of hydrogen-bond donors (Lipinski definition) is 2. The van der Waals surface area contributed by atoms with Gasteiger partial charge in [0.1, 0.15) is 12.6 Å². The van der Waals surface area contributed by atoms with Crippen LogP contribution in [0.3, 0.4) is 0 Å². The fourth-order valence-corrected chi connectivity index (χ4v) is 5.89. The topological polar surface area (TPSA) is 221 Å². The molecule has 0 spiro atoms. The number of nitrogens with one attached hydrogen (secondary N) is 2. The predicted octanol–water partition coefficient (Wildman–Crippen LogP) is 2.13. The highest BCUT2D eigenvalue weighted by atomic mass is 16.6. The molecule has 2 heterocycles. The number of esters is 1. The average Bonchev–Trinajstić information content (AvgIpc) is 3.49. The zero-order valence-corrected chi connectivity index (χ0v) is 33.1. The first kappa shape index (κ1) is 46.7. The number of rotatable bonds is 31. The van der Waals surface area contributed by atoms with Crippen molar-refractivity contribution < 1.29 is 71.5 Å². The number of carbonyl (C=O) groups is 7. The molecular weight excluding hydrogens is 774 g/mol. The Kier molecular flexibility index (Phi) is 21.3. The maximum Gasteiger partial charge on any atom is 0.379 e. The minimum Gasteiger partial charge on any atom is -0.457 e. The SMILES string of the molecule is O=C1CCC(N2C(=O)c3cccc(NC(=O)CCCCCOCCOCCOCCOCCOCCOCCOCCOC(=O)C(=O)c4ccccc4)c3C2=O)C(=O)N1. The maximum absolute atomic E-state index is 13.2. The standard InChI is InChI=1S/C41H53N3O15/c45-34(42-32-11-7-10-31-36(32)40(50)44(39(31)49)33-13-14-35(46)43-38(33)48)12-5-2-6-15-52-16-17-53-18-19-54-20-21-55-22-23-56-24-25-57-26-27-58-28-29-59-41(51)37(47)30-8-3-1-4-9-30/h1,3-4,7-11,33H,2,5-6,12-29H2,(H,42,45)(H,43,46,48). The molecule has 1 saturated heterocycles. The molecule has 0 aromatic heterocycles. The number of piperidine rings is 1. The molecule has 0 aliphatic carbocycles. The largest absolute Gasteiger partial charge is 0.457 e. The van der Waals surface area contributed by atoms with Crippen molar-refractivity contribution in [3.05, 3.63) is 65.2 Å². The zero-order valence-electron chi connectivity index (χ0n) is 33.1. The Morgan fingerprint density at radius 2 is 1.15 bits per heavy atom. The Bertz CT molecular complexity index is 1690. The van der Waals surface area contributed by atoms with Gasteiger partial charge in [0.2, 0.25) is 17.7 Å². The van der Waals surface area contributed by atoms with E-state index >= 15 is 0 Å². The van der Waals surface area contributed by atoms with Crippen LogP contribution in [0.5, 0.6) is 0 Å². The van der Waals surface area contributed by atoms with E-state index in [-0.39, 0.29) is 60.8 Å². The van der Waals surface area contributed by atoms with Crippen molar-refractivity contribution in [2.75, 3.05) is 104 Å². The van der Waals surface area contributed by atoms with Crippen LogP contribution in [0.4, 0.5) is 5.69 Å². The molecule has 2 aromatic rings. The molecule has 0 saturated carbocycles. The van der Waals surface area contributed by atoms with Gasteiger partial charge in [-0.3, -0.25) is 39.0 Å². The summed E-state index contributed by atoms with van der Waals surface area (Å²) in [6.45, 7) is 5.54. The quantitative estimate of drug-likeness (QED) is 0.0366. The van der Waals surface area contributed by atoms with Gasteiger partial charge < -0.3 is 43.2 Å². The van der Waals surface area contributed by atoms with E-state index in [4.69, 9.17) is 37.9 Å². The van der Waals surface area contributed by atoms with Crippen LogP contribution in [0, 0.1) is 0 Å². The van der Waals surface area contributed by atoms with Gasteiger partial charge in [0.15, 0.2) is 0 Å². The lowest BCUT2D eigenvalue weighted by Gasteiger charge is -2.27. The summed E-state index contributed by atoms with van der Waals surface area (Å²) >= 11 is 0. The normalized spacial score (nSPS) is 15.0. The number of nitrogens with zero attached hydrogens (tertiary/aromatic N) is 1. The number of amides is 5. The number of fused-ring (bicyclic) bond motifs is 1. The van der Waals surface area contributed by atoms with Crippen molar-refractivity contribution in [3.63, 3.8) is 0 Å². The number of hydrogen-bond acceptors (Lipinski definition) is 15. The van der Waals surface area contributed by atoms with Gasteiger partial charge in [-0.1, -0.05) is 42.8 Å². The predicted molar refractivity (Wildman–Crippen MR) is 208 cm³/mol. The van der Waals surface area contributed by atoms with Crippen LogP contribution in [0.2, 0.25) is 0 Å². The first-order valence-electron chi connectivity index (χ1n) is 19.7. The maximum atomic E-state index is 13.2. The number of ether oxygens (including phenoxy) is 8. The molecule has 2 aliphatic rings. The number of ketones is 1. The number of unbranched alkanes of at least 4 members (excludes halogenated alkanes) is 2. The van der Waals surface area contributed by atoms with E-state index < -0.39 is 41.4 Å². The Hall–Kier alpha value is -4.95. The Labute approximate surface area is 342 Å². The summed E-state index contributed by atoms with van der Waals surface area (Å²) in [5.41, 5.74) is 0.639. The van der Waals surface area contributed by atoms with Crippen molar-refractivity contribution in [1.29, 1.82) is 0 Å².